The molecule has 0 bridgehead atoms. The molecule has 23 heavy (non-hydrogen) atoms. The number of ether oxygens (including phenoxy) is 1. The lowest BCUT2D eigenvalue weighted by molar-refractivity contribution is -0.122. The van der Waals surface area contributed by atoms with Crippen LogP contribution in [-0.4, -0.2) is 49.7 Å². The highest BCUT2D eigenvalue weighted by Crippen LogP contribution is 2.13. The summed E-state index contributed by atoms with van der Waals surface area (Å²) in [6.07, 6.45) is 3.13. The molecule has 5 nitrogen and oxygen atoms in total. The number of amides is 1. The maximum atomic E-state index is 12.0. The van der Waals surface area contributed by atoms with Crippen molar-refractivity contribution < 1.29 is 9.53 Å². The van der Waals surface area contributed by atoms with Crippen LogP contribution in [0.15, 0.2) is 24.3 Å². The lowest BCUT2D eigenvalue weighted by Crippen LogP contribution is -2.44. The maximum absolute atomic E-state index is 12.0. The number of rotatable bonds is 6. The van der Waals surface area contributed by atoms with Crippen molar-refractivity contribution >= 4 is 5.91 Å². The minimum Gasteiger partial charge on any atom is -0.378 e. The molecule has 3 rings (SSSR count). The van der Waals surface area contributed by atoms with Crippen molar-refractivity contribution in [2.45, 2.75) is 38.4 Å². The van der Waals surface area contributed by atoms with Gasteiger partial charge in [-0.3, -0.25) is 9.69 Å². The molecule has 126 valence electrons. The number of carbonyl (C=O) groups excluding carboxylic acids is 1. The molecule has 2 fully saturated rings. The van der Waals surface area contributed by atoms with E-state index in [0.29, 0.717) is 19.6 Å². The molecule has 1 atom stereocenters. The molecule has 2 N–H and O–H groups in total. The van der Waals surface area contributed by atoms with Crippen LogP contribution in [0.3, 0.4) is 0 Å². The topological polar surface area (TPSA) is 53.6 Å². The third-order valence-electron chi connectivity index (χ3n) is 4.55. The Bertz CT molecular complexity index is 491. The van der Waals surface area contributed by atoms with E-state index < -0.39 is 0 Å². The minimum absolute atomic E-state index is 0.0779. The van der Waals surface area contributed by atoms with Crippen LogP contribution in [0.4, 0.5) is 0 Å². The average molecular weight is 317 g/mol. The third kappa shape index (κ3) is 5.30. The fraction of sp³-hybridized carbons (Fsp3) is 0.611. The van der Waals surface area contributed by atoms with E-state index in [1.165, 1.54) is 31.5 Å². The van der Waals surface area contributed by atoms with Crippen molar-refractivity contribution in [3.63, 3.8) is 0 Å². The van der Waals surface area contributed by atoms with E-state index in [4.69, 9.17) is 4.74 Å². The van der Waals surface area contributed by atoms with Gasteiger partial charge in [0.2, 0.25) is 5.91 Å². The largest absolute Gasteiger partial charge is 0.378 e. The molecule has 2 aliphatic rings. The molecule has 2 saturated heterocycles. The van der Waals surface area contributed by atoms with Gasteiger partial charge in [0.15, 0.2) is 0 Å². The number of hydrogen-bond donors (Lipinski definition) is 2. The number of morpholine rings is 1. The first kappa shape index (κ1) is 16.4. The first-order chi connectivity index (χ1) is 11.3. The molecular weight excluding hydrogens is 290 g/mol. The van der Waals surface area contributed by atoms with E-state index in [-0.39, 0.29) is 11.9 Å². The van der Waals surface area contributed by atoms with Crippen molar-refractivity contribution in [2.24, 2.45) is 0 Å². The predicted molar refractivity (Wildman–Crippen MR) is 90.0 cm³/mol. The summed E-state index contributed by atoms with van der Waals surface area (Å²) in [5.41, 5.74) is 2.50. The van der Waals surface area contributed by atoms with Crippen LogP contribution in [0.5, 0.6) is 0 Å². The molecule has 0 spiro atoms. The Labute approximate surface area is 138 Å². The van der Waals surface area contributed by atoms with E-state index in [1.807, 2.05) is 0 Å². The number of benzene rings is 1. The molecule has 1 unspecified atom stereocenters. The second kappa shape index (κ2) is 8.43. The van der Waals surface area contributed by atoms with Crippen molar-refractivity contribution in [1.82, 2.24) is 15.5 Å². The zero-order valence-corrected chi connectivity index (χ0v) is 13.7. The lowest BCUT2D eigenvalue weighted by Gasteiger charge is -2.23. The van der Waals surface area contributed by atoms with Gasteiger partial charge in [0.25, 0.3) is 0 Å². The molecule has 1 aromatic rings. The smallest absolute Gasteiger partial charge is 0.221 e. The van der Waals surface area contributed by atoms with Crippen LogP contribution in [0, 0.1) is 0 Å². The van der Waals surface area contributed by atoms with Crippen LogP contribution >= 0.6 is 0 Å². The summed E-state index contributed by atoms with van der Waals surface area (Å²) in [4.78, 5) is 14.5. The van der Waals surface area contributed by atoms with Crippen LogP contribution in [0.2, 0.25) is 0 Å². The fourth-order valence-electron chi connectivity index (χ4n) is 3.21. The van der Waals surface area contributed by atoms with Crippen LogP contribution in [-0.2, 0) is 22.6 Å². The minimum atomic E-state index is 0.0779. The van der Waals surface area contributed by atoms with Crippen LogP contribution in [0.1, 0.15) is 30.4 Å². The van der Waals surface area contributed by atoms with E-state index in [2.05, 4.69) is 39.8 Å². The molecule has 2 aliphatic heterocycles. The van der Waals surface area contributed by atoms with E-state index >= 15 is 0 Å². The second-order valence-electron chi connectivity index (χ2n) is 6.51. The standard InChI is InChI=1S/C18H27N3O2/c22-18(11-17-14-23-10-7-19-17)20-12-15-3-5-16(6-4-15)13-21-8-1-2-9-21/h3-6,17,19H,1-2,7-14H2,(H,20,22). The van der Waals surface area contributed by atoms with E-state index in [1.54, 1.807) is 0 Å². The molecular formula is C18H27N3O2. The Kier molecular flexibility index (Phi) is 6.02. The third-order valence-corrected chi connectivity index (χ3v) is 4.55. The van der Waals surface area contributed by atoms with Gasteiger partial charge in [-0.2, -0.15) is 0 Å². The predicted octanol–water partition coefficient (Wildman–Crippen LogP) is 1.28. The summed E-state index contributed by atoms with van der Waals surface area (Å²) < 4.78 is 5.37. The Balaban J connectivity index is 1.40. The molecule has 0 aromatic heterocycles. The average Bonchev–Trinajstić information content (AvgIpc) is 3.08. The Morgan fingerprint density at radius 2 is 1.96 bits per heavy atom. The molecule has 1 amide bonds. The number of nitrogens with one attached hydrogen (secondary N) is 2. The summed E-state index contributed by atoms with van der Waals surface area (Å²) in [6, 6.07) is 8.74. The summed E-state index contributed by atoms with van der Waals surface area (Å²) in [7, 11) is 0. The first-order valence-electron chi connectivity index (χ1n) is 8.67. The maximum Gasteiger partial charge on any atom is 0.221 e. The molecule has 2 heterocycles. The van der Waals surface area contributed by atoms with Gasteiger partial charge in [0, 0.05) is 32.1 Å². The number of carbonyl (C=O) groups is 1. The van der Waals surface area contributed by atoms with Gasteiger partial charge in [0.1, 0.15) is 0 Å². The lowest BCUT2D eigenvalue weighted by atomic mass is 10.1. The van der Waals surface area contributed by atoms with Crippen molar-refractivity contribution in [2.75, 3.05) is 32.8 Å². The Morgan fingerprint density at radius 1 is 1.22 bits per heavy atom. The Morgan fingerprint density at radius 3 is 2.65 bits per heavy atom. The normalized spacial score (nSPS) is 22.2. The highest BCUT2D eigenvalue weighted by atomic mass is 16.5. The number of nitrogens with zero attached hydrogens (tertiary/aromatic N) is 1. The highest BCUT2D eigenvalue weighted by molar-refractivity contribution is 5.76. The molecule has 0 radical (unpaired) electrons. The molecule has 0 saturated carbocycles. The number of likely N-dealkylation sites (tertiary alicyclic amines) is 1. The Hall–Kier alpha value is -1.43. The van der Waals surface area contributed by atoms with E-state index in [9.17, 15) is 4.79 Å². The molecule has 1 aromatic carbocycles. The summed E-state index contributed by atoms with van der Waals surface area (Å²) in [5, 5.41) is 6.29. The summed E-state index contributed by atoms with van der Waals surface area (Å²) >= 11 is 0. The van der Waals surface area contributed by atoms with Crippen LogP contribution < -0.4 is 10.6 Å². The zero-order chi connectivity index (χ0) is 15.9. The quantitative estimate of drug-likeness (QED) is 0.830. The van der Waals surface area contributed by atoms with Crippen molar-refractivity contribution in [1.29, 1.82) is 0 Å². The van der Waals surface area contributed by atoms with Gasteiger partial charge in [-0.25, -0.2) is 0 Å². The highest BCUT2D eigenvalue weighted by Gasteiger charge is 2.16. The monoisotopic (exact) mass is 317 g/mol. The van der Waals surface area contributed by atoms with Crippen molar-refractivity contribution in [3.8, 4) is 0 Å². The van der Waals surface area contributed by atoms with Gasteiger partial charge >= 0.3 is 0 Å². The molecule has 5 heteroatoms. The summed E-state index contributed by atoms with van der Waals surface area (Å²) in [6.45, 7) is 6.26. The van der Waals surface area contributed by atoms with Gasteiger partial charge in [-0.15, -0.1) is 0 Å². The second-order valence-corrected chi connectivity index (χ2v) is 6.51. The molecule has 0 aliphatic carbocycles. The van der Waals surface area contributed by atoms with Crippen LogP contribution in [0.25, 0.3) is 0 Å². The zero-order valence-electron chi connectivity index (χ0n) is 13.7. The van der Waals surface area contributed by atoms with E-state index in [0.717, 1.165) is 25.3 Å². The van der Waals surface area contributed by atoms with Gasteiger partial charge in [-0.1, -0.05) is 24.3 Å². The van der Waals surface area contributed by atoms with Gasteiger partial charge in [-0.05, 0) is 37.1 Å². The fourth-order valence-corrected chi connectivity index (χ4v) is 3.21. The number of hydrogen-bond acceptors (Lipinski definition) is 4. The van der Waals surface area contributed by atoms with Crippen molar-refractivity contribution in [3.05, 3.63) is 35.4 Å². The SMILES string of the molecule is O=C(CC1COCCN1)NCc1ccc(CN2CCCC2)cc1. The van der Waals surface area contributed by atoms with Gasteiger partial charge in [0.05, 0.1) is 13.2 Å². The van der Waals surface area contributed by atoms with Gasteiger partial charge < -0.3 is 15.4 Å². The first-order valence-corrected chi connectivity index (χ1v) is 8.67. The summed E-state index contributed by atoms with van der Waals surface area (Å²) in [5.74, 6) is 0.0779.